The smallest absolute Gasteiger partial charge is 0.233 e. The molecule has 0 radical (unpaired) electrons. The lowest BCUT2D eigenvalue weighted by atomic mass is 10.2. The summed E-state index contributed by atoms with van der Waals surface area (Å²) in [6.07, 6.45) is 4.37. The summed E-state index contributed by atoms with van der Waals surface area (Å²) in [5.41, 5.74) is 1.92. The number of piperazine rings is 1. The van der Waals surface area contributed by atoms with E-state index in [-0.39, 0.29) is 18.2 Å². The van der Waals surface area contributed by atoms with E-state index in [0.717, 1.165) is 57.8 Å². The highest BCUT2D eigenvalue weighted by molar-refractivity contribution is 6.03. The van der Waals surface area contributed by atoms with Gasteiger partial charge in [-0.2, -0.15) is 0 Å². The SMILES string of the molecule is CN1CCN(c2ccc(NC(=O)CC(=O)N3CCCCCC3)cc2)CC1. The first-order valence-electron chi connectivity index (χ1n) is 9.73. The van der Waals surface area contributed by atoms with Crippen LogP contribution in [0.2, 0.25) is 0 Å². The molecule has 1 aromatic carbocycles. The molecule has 2 aliphatic heterocycles. The molecule has 0 bridgehead atoms. The van der Waals surface area contributed by atoms with Crippen LogP contribution in [0.3, 0.4) is 0 Å². The van der Waals surface area contributed by atoms with Gasteiger partial charge in [0.05, 0.1) is 0 Å². The van der Waals surface area contributed by atoms with E-state index in [1.807, 2.05) is 29.2 Å². The van der Waals surface area contributed by atoms with Crippen molar-refractivity contribution in [1.82, 2.24) is 9.80 Å². The Hall–Kier alpha value is -2.08. The minimum Gasteiger partial charge on any atom is -0.369 e. The van der Waals surface area contributed by atoms with Crippen LogP contribution < -0.4 is 10.2 Å². The minimum atomic E-state index is -0.230. The molecular formula is C20H30N4O2. The molecule has 2 saturated heterocycles. The molecule has 0 saturated carbocycles. The van der Waals surface area contributed by atoms with Crippen molar-refractivity contribution < 1.29 is 9.59 Å². The zero-order chi connectivity index (χ0) is 18.4. The van der Waals surface area contributed by atoms with E-state index >= 15 is 0 Å². The predicted molar refractivity (Wildman–Crippen MR) is 104 cm³/mol. The topological polar surface area (TPSA) is 55.9 Å². The average Bonchev–Trinajstić information content (AvgIpc) is 2.92. The molecule has 0 aromatic heterocycles. The van der Waals surface area contributed by atoms with Crippen molar-refractivity contribution in [1.29, 1.82) is 0 Å². The highest BCUT2D eigenvalue weighted by atomic mass is 16.2. The summed E-state index contributed by atoms with van der Waals surface area (Å²) >= 11 is 0. The number of likely N-dealkylation sites (tertiary alicyclic amines) is 1. The minimum absolute atomic E-state index is 0.0570. The van der Waals surface area contributed by atoms with Gasteiger partial charge in [-0.15, -0.1) is 0 Å². The summed E-state index contributed by atoms with van der Waals surface area (Å²) < 4.78 is 0. The molecule has 2 fully saturated rings. The Balaban J connectivity index is 1.48. The van der Waals surface area contributed by atoms with Crippen LogP contribution in [-0.4, -0.2) is 67.9 Å². The monoisotopic (exact) mass is 358 g/mol. The molecule has 2 aliphatic rings. The zero-order valence-electron chi connectivity index (χ0n) is 15.7. The molecule has 0 aliphatic carbocycles. The first kappa shape index (κ1) is 18.7. The molecule has 3 rings (SSSR count). The zero-order valence-corrected chi connectivity index (χ0v) is 15.7. The van der Waals surface area contributed by atoms with Crippen molar-refractivity contribution in [3.05, 3.63) is 24.3 Å². The van der Waals surface area contributed by atoms with E-state index in [0.29, 0.717) is 0 Å². The summed E-state index contributed by atoms with van der Waals surface area (Å²) in [7, 11) is 2.14. The maximum atomic E-state index is 12.3. The fourth-order valence-corrected chi connectivity index (χ4v) is 3.59. The lowest BCUT2D eigenvalue weighted by Crippen LogP contribution is -2.44. The van der Waals surface area contributed by atoms with Gasteiger partial charge >= 0.3 is 0 Å². The maximum absolute atomic E-state index is 12.3. The van der Waals surface area contributed by atoms with E-state index < -0.39 is 0 Å². The van der Waals surface area contributed by atoms with Gasteiger partial charge in [0.2, 0.25) is 11.8 Å². The van der Waals surface area contributed by atoms with E-state index in [1.54, 1.807) is 0 Å². The number of carbonyl (C=O) groups excluding carboxylic acids is 2. The van der Waals surface area contributed by atoms with E-state index in [4.69, 9.17) is 0 Å². The predicted octanol–water partition coefficient (Wildman–Crippen LogP) is 2.17. The second-order valence-electron chi connectivity index (χ2n) is 7.36. The van der Waals surface area contributed by atoms with Gasteiger partial charge in [-0.1, -0.05) is 12.8 Å². The highest BCUT2D eigenvalue weighted by Gasteiger charge is 2.19. The molecule has 142 valence electrons. The van der Waals surface area contributed by atoms with Gasteiger partial charge in [0.25, 0.3) is 0 Å². The number of hydrogen-bond donors (Lipinski definition) is 1. The number of nitrogens with zero attached hydrogens (tertiary/aromatic N) is 3. The number of anilines is 2. The molecule has 6 heteroatoms. The second-order valence-corrected chi connectivity index (χ2v) is 7.36. The normalized spacial score (nSPS) is 19.1. The van der Waals surface area contributed by atoms with Crippen LogP contribution in [0.15, 0.2) is 24.3 Å². The van der Waals surface area contributed by atoms with Crippen LogP contribution in [0.5, 0.6) is 0 Å². The third-order valence-electron chi connectivity index (χ3n) is 5.29. The highest BCUT2D eigenvalue weighted by Crippen LogP contribution is 2.19. The fourth-order valence-electron chi connectivity index (χ4n) is 3.59. The van der Waals surface area contributed by atoms with Gasteiger partial charge in [0.1, 0.15) is 6.42 Å². The number of hydrogen-bond acceptors (Lipinski definition) is 4. The Kier molecular flexibility index (Phi) is 6.50. The third kappa shape index (κ3) is 5.21. The molecule has 0 atom stereocenters. The standard InChI is InChI=1S/C20H30N4O2/c1-22-12-14-23(15-13-22)18-8-6-17(7-9-18)21-19(25)16-20(26)24-10-4-2-3-5-11-24/h6-9H,2-5,10-16H2,1H3,(H,21,25). The first-order chi connectivity index (χ1) is 12.6. The average molecular weight is 358 g/mol. The van der Waals surface area contributed by atoms with Crippen molar-refractivity contribution in [3.8, 4) is 0 Å². The van der Waals surface area contributed by atoms with Crippen LogP contribution in [0.4, 0.5) is 11.4 Å². The van der Waals surface area contributed by atoms with E-state index in [1.165, 1.54) is 18.5 Å². The summed E-state index contributed by atoms with van der Waals surface area (Å²) in [4.78, 5) is 31.0. The maximum Gasteiger partial charge on any atom is 0.233 e. The van der Waals surface area contributed by atoms with Gasteiger partial charge in [0.15, 0.2) is 0 Å². The lowest BCUT2D eigenvalue weighted by Gasteiger charge is -2.34. The molecule has 0 spiro atoms. The quantitative estimate of drug-likeness (QED) is 0.838. The van der Waals surface area contributed by atoms with Crippen LogP contribution in [0.1, 0.15) is 32.1 Å². The van der Waals surface area contributed by atoms with Crippen LogP contribution in [0.25, 0.3) is 0 Å². The van der Waals surface area contributed by atoms with Gasteiger partial charge < -0.3 is 20.0 Å². The molecule has 6 nitrogen and oxygen atoms in total. The van der Waals surface area contributed by atoms with Crippen molar-refractivity contribution in [2.45, 2.75) is 32.1 Å². The van der Waals surface area contributed by atoms with E-state index in [9.17, 15) is 9.59 Å². The number of amides is 2. The van der Waals surface area contributed by atoms with Crippen molar-refractivity contribution >= 4 is 23.2 Å². The Bertz CT molecular complexity index is 601. The van der Waals surface area contributed by atoms with E-state index in [2.05, 4.69) is 22.2 Å². The summed E-state index contributed by atoms with van der Waals surface area (Å²) in [5.74, 6) is -0.287. The Labute approximate surface area is 156 Å². The van der Waals surface area contributed by atoms with Gasteiger partial charge in [-0.25, -0.2) is 0 Å². The molecule has 0 unspecified atom stereocenters. The van der Waals surface area contributed by atoms with Gasteiger partial charge in [-0.05, 0) is 44.2 Å². The van der Waals surface area contributed by atoms with Crippen molar-refractivity contribution in [2.75, 3.05) is 56.5 Å². The number of likely N-dealkylation sites (N-methyl/N-ethyl adjacent to an activating group) is 1. The van der Waals surface area contributed by atoms with Crippen LogP contribution in [0, 0.1) is 0 Å². The molecule has 2 heterocycles. The molecular weight excluding hydrogens is 328 g/mol. The largest absolute Gasteiger partial charge is 0.369 e. The van der Waals surface area contributed by atoms with Gasteiger partial charge in [-0.3, -0.25) is 9.59 Å². The number of nitrogens with one attached hydrogen (secondary N) is 1. The summed E-state index contributed by atoms with van der Waals surface area (Å²) in [6.45, 7) is 5.74. The Morgan fingerprint density at radius 1 is 0.885 bits per heavy atom. The van der Waals surface area contributed by atoms with Gasteiger partial charge in [0, 0.05) is 50.6 Å². The third-order valence-corrected chi connectivity index (χ3v) is 5.29. The number of carbonyl (C=O) groups is 2. The van der Waals surface area contributed by atoms with Crippen molar-refractivity contribution in [3.63, 3.8) is 0 Å². The Morgan fingerprint density at radius 3 is 2.12 bits per heavy atom. The fraction of sp³-hybridized carbons (Fsp3) is 0.600. The molecule has 1 aromatic rings. The number of rotatable bonds is 4. The molecule has 2 amide bonds. The number of benzene rings is 1. The van der Waals surface area contributed by atoms with Crippen LogP contribution in [-0.2, 0) is 9.59 Å². The summed E-state index contributed by atoms with van der Waals surface area (Å²) in [5, 5.41) is 2.85. The lowest BCUT2D eigenvalue weighted by molar-refractivity contribution is -0.134. The van der Waals surface area contributed by atoms with Crippen LogP contribution >= 0.6 is 0 Å². The van der Waals surface area contributed by atoms with Crippen molar-refractivity contribution in [2.24, 2.45) is 0 Å². The first-order valence-corrected chi connectivity index (χ1v) is 9.73. The Morgan fingerprint density at radius 2 is 1.50 bits per heavy atom. The molecule has 1 N–H and O–H groups in total. The second kappa shape index (κ2) is 9.03. The summed E-state index contributed by atoms with van der Waals surface area (Å²) in [6, 6.07) is 7.92. The molecule has 26 heavy (non-hydrogen) atoms.